The highest BCUT2D eigenvalue weighted by Gasteiger charge is 2.14. The number of benzene rings is 1. The van der Waals surface area contributed by atoms with E-state index < -0.39 is 11.9 Å². The molecule has 10 nitrogen and oxygen atoms in total. The first kappa shape index (κ1) is 23.3. The number of hydrogen-bond acceptors (Lipinski definition) is 7. The molecule has 0 aliphatic heterocycles. The van der Waals surface area contributed by atoms with Gasteiger partial charge in [-0.05, 0) is 37.3 Å². The molecule has 0 bridgehead atoms. The van der Waals surface area contributed by atoms with Gasteiger partial charge in [-0.15, -0.1) is 0 Å². The number of furan rings is 1. The van der Waals surface area contributed by atoms with E-state index >= 15 is 0 Å². The first-order chi connectivity index (χ1) is 16.9. The van der Waals surface area contributed by atoms with Crippen molar-refractivity contribution in [1.82, 2.24) is 15.3 Å². The Morgan fingerprint density at radius 1 is 1.06 bits per heavy atom. The van der Waals surface area contributed by atoms with Crippen LogP contribution in [-0.4, -0.2) is 41.4 Å². The molecule has 35 heavy (non-hydrogen) atoms. The minimum atomic E-state index is -0.541. The number of H-pyrrole nitrogens is 1. The average Bonchev–Trinajstić information content (AvgIpc) is 3.52. The summed E-state index contributed by atoms with van der Waals surface area (Å²) in [7, 11) is 1.25. The molecule has 3 heterocycles. The van der Waals surface area contributed by atoms with Gasteiger partial charge in [-0.2, -0.15) is 0 Å². The zero-order chi connectivity index (χ0) is 24.8. The minimum absolute atomic E-state index is 0.224. The van der Waals surface area contributed by atoms with E-state index in [2.05, 4.69) is 25.3 Å². The van der Waals surface area contributed by atoms with Gasteiger partial charge in [0.25, 0.3) is 11.8 Å². The second-order valence-electron chi connectivity index (χ2n) is 7.45. The van der Waals surface area contributed by atoms with Crippen molar-refractivity contribution in [3.8, 4) is 22.9 Å². The van der Waals surface area contributed by atoms with Crippen molar-refractivity contribution in [3.63, 3.8) is 0 Å². The normalized spacial score (nSPS) is 10.5. The lowest BCUT2D eigenvalue weighted by atomic mass is 10.2. The van der Waals surface area contributed by atoms with Gasteiger partial charge in [-0.1, -0.05) is 6.07 Å². The van der Waals surface area contributed by atoms with Gasteiger partial charge in [-0.25, -0.2) is 0 Å². The number of carbonyl (C=O) groups excluding carboxylic acids is 3. The maximum absolute atomic E-state index is 12.4. The molecule has 2 amide bonds. The van der Waals surface area contributed by atoms with Crippen LogP contribution in [0, 0.1) is 6.92 Å². The molecular weight excluding hydrogens is 452 g/mol. The molecule has 0 fully saturated rings. The Hall–Kier alpha value is -4.86. The fourth-order valence-electron chi connectivity index (χ4n) is 3.19. The van der Waals surface area contributed by atoms with E-state index in [1.54, 1.807) is 61.7 Å². The molecule has 0 spiro atoms. The summed E-state index contributed by atoms with van der Waals surface area (Å²) < 4.78 is 15.7. The summed E-state index contributed by atoms with van der Waals surface area (Å²) in [6.45, 7) is 1.57. The number of amides is 2. The summed E-state index contributed by atoms with van der Waals surface area (Å²) in [4.78, 5) is 43.1. The summed E-state index contributed by atoms with van der Waals surface area (Å²) in [6.07, 6.45) is 4.56. The molecule has 1 aromatic carbocycles. The Balaban J connectivity index is 1.44. The van der Waals surface area contributed by atoms with Gasteiger partial charge in [0.05, 0.1) is 30.3 Å². The van der Waals surface area contributed by atoms with Gasteiger partial charge in [0, 0.05) is 35.8 Å². The number of nitrogens with zero attached hydrogens (tertiary/aromatic N) is 1. The Morgan fingerprint density at radius 2 is 1.89 bits per heavy atom. The second kappa shape index (κ2) is 10.4. The van der Waals surface area contributed by atoms with E-state index in [9.17, 15) is 14.4 Å². The van der Waals surface area contributed by atoms with Gasteiger partial charge in [0.2, 0.25) is 0 Å². The lowest BCUT2D eigenvalue weighted by Crippen LogP contribution is -2.29. The van der Waals surface area contributed by atoms with E-state index in [1.807, 2.05) is 0 Å². The topological polar surface area (TPSA) is 136 Å². The largest absolute Gasteiger partial charge is 0.468 e. The van der Waals surface area contributed by atoms with Crippen LogP contribution in [-0.2, 0) is 9.53 Å². The zero-order valence-corrected chi connectivity index (χ0v) is 19.0. The number of methoxy groups -OCH3 is 1. The van der Waals surface area contributed by atoms with Crippen LogP contribution in [0.4, 0.5) is 5.69 Å². The van der Waals surface area contributed by atoms with Crippen LogP contribution < -0.4 is 15.4 Å². The van der Waals surface area contributed by atoms with Crippen LogP contribution in [0.5, 0.6) is 11.5 Å². The molecule has 0 unspecified atom stereocenters. The van der Waals surface area contributed by atoms with E-state index in [4.69, 9.17) is 9.15 Å². The third kappa shape index (κ3) is 5.74. The van der Waals surface area contributed by atoms with Crippen molar-refractivity contribution in [2.24, 2.45) is 0 Å². The maximum atomic E-state index is 12.4. The summed E-state index contributed by atoms with van der Waals surface area (Å²) in [5, 5.41) is 5.26. The Kier molecular flexibility index (Phi) is 6.91. The lowest BCUT2D eigenvalue weighted by molar-refractivity contribution is -0.139. The minimum Gasteiger partial charge on any atom is -0.468 e. The predicted molar refractivity (Wildman–Crippen MR) is 126 cm³/mol. The number of nitrogens with one attached hydrogen (secondary N) is 3. The van der Waals surface area contributed by atoms with Gasteiger partial charge in [0.15, 0.2) is 5.76 Å². The first-order valence-electron chi connectivity index (χ1n) is 10.6. The summed E-state index contributed by atoms with van der Waals surface area (Å²) in [6, 6.07) is 13.7. The van der Waals surface area contributed by atoms with Crippen molar-refractivity contribution < 1.29 is 28.3 Å². The standard InChI is InChI=1S/C25H22N4O6/c1-15-7-9-34-23(15)25(32)29-17-4-3-5-18(11-17)35-19-6-8-26-21(12-19)20-10-16(13-27-20)24(31)28-14-22(30)33-2/h3-13,27H,14H2,1-2H3,(H,28,31)(H,29,32). The zero-order valence-electron chi connectivity index (χ0n) is 19.0. The van der Waals surface area contributed by atoms with Crippen molar-refractivity contribution >= 4 is 23.5 Å². The van der Waals surface area contributed by atoms with Crippen LogP contribution in [0.25, 0.3) is 11.4 Å². The van der Waals surface area contributed by atoms with Crippen LogP contribution in [0.15, 0.2) is 71.6 Å². The molecular formula is C25H22N4O6. The number of carbonyl (C=O) groups is 3. The highest BCUT2D eigenvalue weighted by atomic mass is 16.5. The van der Waals surface area contributed by atoms with E-state index in [1.165, 1.54) is 19.6 Å². The number of esters is 1. The summed E-state index contributed by atoms with van der Waals surface area (Å²) in [5.74, 6) is -0.0558. The predicted octanol–water partition coefficient (Wildman–Crippen LogP) is 3.93. The van der Waals surface area contributed by atoms with Crippen LogP contribution in [0.1, 0.15) is 26.5 Å². The summed E-state index contributed by atoms with van der Waals surface area (Å²) >= 11 is 0. The number of rotatable bonds is 8. The third-order valence-electron chi connectivity index (χ3n) is 4.97. The maximum Gasteiger partial charge on any atom is 0.325 e. The van der Waals surface area contributed by atoms with Gasteiger partial charge in [0.1, 0.15) is 18.0 Å². The molecule has 0 aliphatic carbocycles. The molecule has 4 aromatic rings. The van der Waals surface area contributed by atoms with Gasteiger partial charge < -0.3 is 29.5 Å². The monoisotopic (exact) mass is 474 g/mol. The van der Waals surface area contributed by atoms with Crippen LogP contribution >= 0.6 is 0 Å². The molecule has 10 heteroatoms. The Labute approximate surface area is 200 Å². The number of hydrogen-bond donors (Lipinski definition) is 3. The summed E-state index contributed by atoms with van der Waals surface area (Å²) in [5.41, 5.74) is 2.77. The van der Waals surface area contributed by atoms with Gasteiger partial charge >= 0.3 is 5.97 Å². The van der Waals surface area contributed by atoms with E-state index in [-0.39, 0.29) is 18.2 Å². The molecule has 3 N–H and O–H groups in total. The smallest absolute Gasteiger partial charge is 0.325 e. The lowest BCUT2D eigenvalue weighted by Gasteiger charge is -2.09. The highest BCUT2D eigenvalue weighted by molar-refractivity contribution is 6.03. The number of anilines is 1. The molecule has 0 aliphatic rings. The number of aryl methyl sites for hydroxylation is 1. The average molecular weight is 474 g/mol. The number of aromatic amines is 1. The highest BCUT2D eigenvalue weighted by Crippen LogP contribution is 2.27. The van der Waals surface area contributed by atoms with Crippen LogP contribution in [0.3, 0.4) is 0 Å². The molecule has 178 valence electrons. The Morgan fingerprint density at radius 3 is 2.66 bits per heavy atom. The molecule has 3 aromatic heterocycles. The van der Waals surface area contributed by atoms with E-state index in [0.29, 0.717) is 34.1 Å². The number of aromatic nitrogens is 2. The second-order valence-corrected chi connectivity index (χ2v) is 7.45. The van der Waals surface area contributed by atoms with Crippen LogP contribution in [0.2, 0.25) is 0 Å². The molecule has 0 saturated heterocycles. The number of pyridine rings is 1. The van der Waals surface area contributed by atoms with Crippen molar-refractivity contribution in [1.29, 1.82) is 0 Å². The van der Waals surface area contributed by atoms with E-state index in [0.717, 1.165) is 5.56 Å². The van der Waals surface area contributed by atoms with Gasteiger partial charge in [-0.3, -0.25) is 19.4 Å². The molecule has 0 atom stereocenters. The molecule has 0 saturated carbocycles. The van der Waals surface area contributed by atoms with Crippen molar-refractivity contribution in [2.75, 3.05) is 19.0 Å². The molecule has 0 radical (unpaired) electrons. The number of ether oxygens (including phenoxy) is 2. The molecule has 4 rings (SSSR count). The quantitative estimate of drug-likeness (QED) is 0.329. The van der Waals surface area contributed by atoms with Crippen molar-refractivity contribution in [2.45, 2.75) is 6.92 Å². The SMILES string of the molecule is COC(=O)CNC(=O)c1c[nH]c(-c2cc(Oc3cccc(NC(=O)c4occc4C)c3)ccn2)c1. The first-order valence-corrected chi connectivity index (χ1v) is 10.6. The fraction of sp³-hybridized carbons (Fsp3) is 0.120. The Bertz CT molecular complexity index is 1370. The third-order valence-corrected chi connectivity index (χ3v) is 4.97. The van der Waals surface area contributed by atoms with Crippen molar-refractivity contribution in [3.05, 3.63) is 84.1 Å². The fourth-order valence-corrected chi connectivity index (χ4v) is 3.19.